The Balaban J connectivity index is 1.73. The summed E-state index contributed by atoms with van der Waals surface area (Å²) in [7, 11) is 1.58. The third kappa shape index (κ3) is 3.91. The van der Waals surface area contributed by atoms with E-state index in [2.05, 4.69) is 5.32 Å². The van der Waals surface area contributed by atoms with Gasteiger partial charge >= 0.3 is 0 Å². The topological polar surface area (TPSA) is 75.7 Å². The Hall–Kier alpha value is -3.15. The second-order valence-corrected chi connectivity index (χ2v) is 7.20. The summed E-state index contributed by atoms with van der Waals surface area (Å²) in [5, 5.41) is 2.83. The van der Waals surface area contributed by atoms with Gasteiger partial charge in [-0.1, -0.05) is 32.0 Å². The van der Waals surface area contributed by atoms with Gasteiger partial charge in [-0.2, -0.15) is 0 Å². The van der Waals surface area contributed by atoms with E-state index < -0.39 is 0 Å². The maximum atomic E-state index is 12.6. The van der Waals surface area contributed by atoms with E-state index in [0.29, 0.717) is 41.4 Å². The first-order valence-electron chi connectivity index (χ1n) is 9.32. The summed E-state index contributed by atoms with van der Waals surface area (Å²) < 4.78 is 5.28. The van der Waals surface area contributed by atoms with Crippen LogP contribution in [0.3, 0.4) is 0 Å². The summed E-state index contributed by atoms with van der Waals surface area (Å²) >= 11 is 0. The first-order valence-corrected chi connectivity index (χ1v) is 9.32. The molecule has 0 aliphatic carbocycles. The van der Waals surface area contributed by atoms with Gasteiger partial charge in [0.25, 0.3) is 17.7 Å². The van der Waals surface area contributed by atoms with E-state index in [4.69, 9.17) is 4.74 Å². The van der Waals surface area contributed by atoms with Crippen LogP contribution in [-0.2, 0) is 6.54 Å². The number of imide groups is 1. The van der Waals surface area contributed by atoms with Crippen LogP contribution in [0.15, 0.2) is 42.5 Å². The van der Waals surface area contributed by atoms with E-state index in [9.17, 15) is 14.4 Å². The van der Waals surface area contributed by atoms with E-state index in [1.54, 1.807) is 19.2 Å². The van der Waals surface area contributed by atoms with Gasteiger partial charge in [-0.05, 0) is 36.6 Å². The number of carbonyl (C=O) groups excluding carboxylic acids is 3. The maximum Gasteiger partial charge on any atom is 0.261 e. The largest absolute Gasteiger partial charge is 0.496 e. The van der Waals surface area contributed by atoms with Crippen LogP contribution in [-0.4, -0.2) is 36.3 Å². The van der Waals surface area contributed by atoms with Gasteiger partial charge in [-0.3, -0.25) is 19.3 Å². The molecule has 2 aromatic rings. The molecule has 3 rings (SSSR count). The quantitative estimate of drug-likeness (QED) is 0.748. The zero-order valence-corrected chi connectivity index (χ0v) is 16.3. The highest BCUT2D eigenvalue weighted by Crippen LogP contribution is 2.25. The molecule has 1 heterocycles. The van der Waals surface area contributed by atoms with Crippen molar-refractivity contribution >= 4 is 17.7 Å². The maximum absolute atomic E-state index is 12.6. The Morgan fingerprint density at radius 3 is 2.50 bits per heavy atom. The summed E-state index contributed by atoms with van der Waals surface area (Å²) in [6, 6.07) is 12.1. The predicted octanol–water partition coefficient (Wildman–Crippen LogP) is 3.27. The molecule has 0 aromatic heterocycles. The van der Waals surface area contributed by atoms with Crippen LogP contribution in [0.4, 0.5) is 0 Å². The summed E-state index contributed by atoms with van der Waals surface area (Å²) in [5.74, 6) is 0.148. The normalized spacial score (nSPS) is 13.1. The van der Waals surface area contributed by atoms with Crippen LogP contribution in [0.25, 0.3) is 0 Å². The zero-order valence-electron chi connectivity index (χ0n) is 16.3. The second kappa shape index (κ2) is 8.25. The van der Waals surface area contributed by atoms with Gasteiger partial charge in [-0.15, -0.1) is 0 Å². The van der Waals surface area contributed by atoms with Crippen molar-refractivity contribution in [3.05, 3.63) is 64.7 Å². The average molecular weight is 380 g/mol. The van der Waals surface area contributed by atoms with Gasteiger partial charge < -0.3 is 10.1 Å². The minimum Gasteiger partial charge on any atom is -0.496 e. The molecule has 0 saturated heterocycles. The molecular formula is C22H24N2O4. The number of nitrogens with zero attached hydrogens (tertiary/aromatic N) is 1. The fourth-order valence-corrected chi connectivity index (χ4v) is 3.15. The lowest BCUT2D eigenvalue weighted by Crippen LogP contribution is -2.31. The molecular weight excluding hydrogens is 356 g/mol. The number of methoxy groups -OCH3 is 1. The van der Waals surface area contributed by atoms with Crippen LogP contribution >= 0.6 is 0 Å². The van der Waals surface area contributed by atoms with E-state index >= 15 is 0 Å². The number of hydrogen-bond donors (Lipinski definition) is 1. The molecule has 2 aromatic carbocycles. The van der Waals surface area contributed by atoms with Crippen LogP contribution in [0, 0.1) is 5.92 Å². The molecule has 0 atom stereocenters. The van der Waals surface area contributed by atoms with Crippen LogP contribution < -0.4 is 10.1 Å². The molecule has 6 heteroatoms. The van der Waals surface area contributed by atoms with Gasteiger partial charge in [0.05, 0.1) is 18.2 Å². The highest BCUT2D eigenvalue weighted by atomic mass is 16.5. The highest BCUT2D eigenvalue weighted by Gasteiger charge is 2.35. The summed E-state index contributed by atoms with van der Waals surface area (Å²) in [4.78, 5) is 38.9. The standard InChI is InChI=1S/C22H24N2O4/c1-14(2)10-11-24-21(26)17-9-8-15(12-18(17)22(24)27)20(25)23-13-16-6-4-5-7-19(16)28-3/h4-9,12,14H,10-11,13H2,1-3H3,(H,23,25). The fraction of sp³-hybridized carbons (Fsp3) is 0.318. The van der Waals surface area contributed by atoms with Crippen LogP contribution in [0.1, 0.15) is 56.9 Å². The Bertz CT molecular complexity index is 921. The van der Waals surface area contributed by atoms with Gasteiger partial charge in [0.1, 0.15) is 5.75 Å². The third-order valence-corrected chi connectivity index (χ3v) is 4.79. The number of hydrogen-bond acceptors (Lipinski definition) is 4. The number of fused-ring (bicyclic) bond motifs is 1. The molecule has 0 bridgehead atoms. The van der Waals surface area contributed by atoms with E-state index in [0.717, 1.165) is 12.0 Å². The molecule has 1 aliphatic heterocycles. The zero-order chi connectivity index (χ0) is 20.3. The number of rotatable bonds is 7. The summed E-state index contributed by atoms with van der Waals surface area (Å²) in [6.07, 6.45) is 0.748. The molecule has 0 fully saturated rings. The van der Waals surface area contributed by atoms with Gasteiger partial charge in [0.2, 0.25) is 0 Å². The van der Waals surface area contributed by atoms with Crippen LogP contribution in [0.2, 0.25) is 0 Å². The molecule has 6 nitrogen and oxygen atoms in total. The lowest BCUT2D eigenvalue weighted by atomic mass is 10.1. The SMILES string of the molecule is COc1ccccc1CNC(=O)c1ccc2c(c1)C(=O)N(CCC(C)C)C2=O. The first kappa shape index (κ1) is 19.6. The smallest absolute Gasteiger partial charge is 0.261 e. The molecule has 3 amide bonds. The number of ether oxygens (including phenoxy) is 1. The van der Waals surface area contributed by atoms with Crippen molar-refractivity contribution in [1.29, 1.82) is 0 Å². The number of nitrogens with one attached hydrogen (secondary N) is 1. The van der Waals surface area contributed by atoms with Gasteiger partial charge in [-0.25, -0.2) is 0 Å². The Kier molecular flexibility index (Phi) is 5.78. The fourth-order valence-electron chi connectivity index (χ4n) is 3.15. The van der Waals surface area contributed by atoms with E-state index in [1.165, 1.54) is 11.0 Å². The average Bonchev–Trinajstić information content (AvgIpc) is 2.94. The van der Waals surface area contributed by atoms with Crippen molar-refractivity contribution in [2.75, 3.05) is 13.7 Å². The monoisotopic (exact) mass is 380 g/mol. The Labute approximate surface area is 164 Å². The number of amides is 3. The van der Waals surface area contributed by atoms with Gasteiger partial charge in [0.15, 0.2) is 0 Å². The minimum atomic E-state index is -0.333. The van der Waals surface area contributed by atoms with Crippen LogP contribution in [0.5, 0.6) is 5.75 Å². The molecule has 28 heavy (non-hydrogen) atoms. The molecule has 1 N–H and O–H groups in total. The number of benzene rings is 2. The lowest BCUT2D eigenvalue weighted by molar-refractivity contribution is 0.0647. The first-order chi connectivity index (χ1) is 13.4. The second-order valence-electron chi connectivity index (χ2n) is 7.20. The van der Waals surface area contributed by atoms with Crippen molar-refractivity contribution in [1.82, 2.24) is 10.2 Å². The molecule has 0 unspecified atom stereocenters. The molecule has 0 spiro atoms. The molecule has 1 aliphatic rings. The van der Waals surface area contributed by atoms with Gasteiger partial charge in [0, 0.05) is 24.2 Å². The Morgan fingerprint density at radius 2 is 1.79 bits per heavy atom. The third-order valence-electron chi connectivity index (χ3n) is 4.79. The summed E-state index contributed by atoms with van der Waals surface area (Å²) in [5.41, 5.74) is 1.85. The molecule has 0 saturated carbocycles. The number of carbonyl (C=O) groups is 3. The van der Waals surface area contributed by atoms with Crippen molar-refractivity contribution in [3.63, 3.8) is 0 Å². The van der Waals surface area contributed by atoms with Crippen molar-refractivity contribution < 1.29 is 19.1 Å². The van der Waals surface area contributed by atoms with E-state index in [-0.39, 0.29) is 17.7 Å². The Morgan fingerprint density at radius 1 is 1.07 bits per heavy atom. The summed E-state index contributed by atoms with van der Waals surface area (Å²) in [6.45, 7) is 4.78. The van der Waals surface area contributed by atoms with Crippen molar-refractivity contribution in [2.45, 2.75) is 26.8 Å². The lowest BCUT2D eigenvalue weighted by Gasteiger charge is -2.14. The van der Waals surface area contributed by atoms with Crippen molar-refractivity contribution in [3.8, 4) is 5.75 Å². The molecule has 146 valence electrons. The van der Waals surface area contributed by atoms with Crippen molar-refractivity contribution in [2.24, 2.45) is 5.92 Å². The predicted molar refractivity (Wildman–Crippen MR) is 105 cm³/mol. The number of para-hydroxylation sites is 1. The highest BCUT2D eigenvalue weighted by molar-refractivity contribution is 6.22. The van der Waals surface area contributed by atoms with E-state index in [1.807, 2.05) is 38.1 Å². The molecule has 0 radical (unpaired) electrons. The minimum absolute atomic E-state index is 0.290.